The van der Waals surface area contributed by atoms with E-state index in [9.17, 15) is 13.2 Å². The number of rotatable bonds is 5. The van der Waals surface area contributed by atoms with E-state index in [0.29, 0.717) is 13.1 Å². The number of benzene rings is 1. The van der Waals surface area contributed by atoms with Crippen molar-refractivity contribution in [1.82, 2.24) is 13.6 Å². The maximum atomic E-state index is 12.4. The Morgan fingerprint density at radius 2 is 1.89 bits per heavy atom. The van der Waals surface area contributed by atoms with Gasteiger partial charge in [-0.05, 0) is 48.2 Å². The van der Waals surface area contributed by atoms with Crippen molar-refractivity contribution in [2.24, 2.45) is 0 Å². The molecule has 27 heavy (non-hydrogen) atoms. The van der Waals surface area contributed by atoms with Crippen LogP contribution in [-0.4, -0.2) is 60.3 Å². The molecule has 7 nitrogen and oxygen atoms in total. The predicted octanol–water partition coefficient (Wildman–Crippen LogP) is 2.43. The number of hydrogen-bond acceptors (Lipinski definition) is 4. The Morgan fingerprint density at radius 1 is 1.19 bits per heavy atom. The Hall–Kier alpha value is -2.29. The molecule has 1 aromatic heterocycles. The van der Waals surface area contributed by atoms with Gasteiger partial charge in [-0.15, -0.1) is 0 Å². The molecule has 3 rings (SSSR count). The molecule has 0 radical (unpaired) electrons. The highest BCUT2D eigenvalue weighted by Gasteiger charge is 2.31. The molecule has 1 atom stereocenters. The Bertz CT molecular complexity index is 926. The lowest BCUT2D eigenvalue weighted by Crippen LogP contribution is -2.45. The molecule has 8 heteroatoms. The summed E-state index contributed by atoms with van der Waals surface area (Å²) < 4.78 is 27.6. The largest absolute Gasteiger partial charge is 0.478 e. The Kier molecular flexibility index (Phi) is 5.59. The molecule has 0 unspecified atom stereocenters. The minimum atomic E-state index is -3.43. The number of nitrogens with zero attached hydrogens (tertiary/aromatic N) is 3. The highest BCUT2D eigenvalue weighted by molar-refractivity contribution is 7.86. The lowest BCUT2D eigenvalue weighted by Gasteiger charge is -2.33. The zero-order valence-corrected chi connectivity index (χ0v) is 16.2. The number of carboxylic acid groups (broad SMARTS) is 1. The van der Waals surface area contributed by atoms with Crippen molar-refractivity contribution in [2.75, 3.05) is 27.2 Å². The molecule has 2 heterocycles. The molecule has 1 saturated heterocycles. The number of piperidine rings is 1. The number of aromatic carboxylic acids is 1. The number of hydrogen-bond donors (Lipinski definition) is 1. The van der Waals surface area contributed by atoms with Crippen molar-refractivity contribution in [3.8, 4) is 11.1 Å². The van der Waals surface area contributed by atoms with E-state index < -0.39 is 16.2 Å². The van der Waals surface area contributed by atoms with E-state index in [1.807, 2.05) is 12.1 Å². The number of carbonyl (C=O) groups is 1. The van der Waals surface area contributed by atoms with Gasteiger partial charge in [0, 0.05) is 45.0 Å². The summed E-state index contributed by atoms with van der Waals surface area (Å²) in [7, 11) is -0.352. The second-order valence-corrected chi connectivity index (χ2v) is 8.98. The van der Waals surface area contributed by atoms with Gasteiger partial charge in [0.25, 0.3) is 10.2 Å². The summed E-state index contributed by atoms with van der Waals surface area (Å²) in [5.74, 6) is -0.923. The van der Waals surface area contributed by atoms with Crippen LogP contribution < -0.4 is 0 Å². The van der Waals surface area contributed by atoms with E-state index in [2.05, 4.69) is 4.98 Å². The minimum absolute atomic E-state index is 0.0340. The van der Waals surface area contributed by atoms with Gasteiger partial charge in [0.2, 0.25) is 0 Å². The average molecular weight is 389 g/mol. The van der Waals surface area contributed by atoms with Gasteiger partial charge in [0.05, 0.1) is 5.56 Å². The zero-order chi connectivity index (χ0) is 19.6. The second-order valence-electron chi connectivity index (χ2n) is 6.84. The van der Waals surface area contributed by atoms with E-state index in [4.69, 9.17) is 5.11 Å². The molecule has 1 fully saturated rings. The van der Waals surface area contributed by atoms with Crippen LogP contribution in [0.3, 0.4) is 0 Å². The normalized spacial score (nSPS) is 18.6. The molecule has 1 N–H and O–H groups in total. The van der Waals surface area contributed by atoms with Crippen LogP contribution in [-0.2, 0) is 10.2 Å². The summed E-state index contributed by atoms with van der Waals surface area (Å²) in [5, 5.41) is 9.02. The second kappa shape index (κ2) is 7.75. The third-order valence-electron chi connectivity index (χ3n) is 4.84. The Balaban J connectivity index is 1.84. The van der Waals surface area contributed by atoms with Crippen LogP contribution in [0.25, 0.3) is 11.1 Å². The van der Waals surface area contributed by atoms with E-state index in [0.717, 1.165) is 29.7 Å². The van der Waals surface area contributed by atoms with Gasteiger partial charge in [0.15, 0.2) is 0 Å². The van der Waals surface area contributed by atoms with Crippen molar-refractivity contribution >= 4 is 16.2 Å². The summed E-state index contributed by atoms with van der Waals surface area (Å²) in [5.41, 5.74) is 2.93. The van der Waals surface area contributed by atoms with E-state index in [1.54, 1.807) is 44.6 Å². The number of carboxylic acids is 1. The predicted molar refractivity (Wildman–Crippen MR) is 103 cm³/mol. The van der Waals surface area contributed by atoms with Crippen molar-refractivity contribution in [2.45, 2.75) is 18.8 Å². The van der Waals surface area contributed by atoms with Gasteiger partial charge >= 0.3 is 5.97 Å². The van der Waals surface area contributed by atoms with Crippen LogP contribution in [0.15, 0.2) is 42.6 Å². The standard InChI is InChI=1S/C19H23N3O4S/c1-21(2)27(25,26)22-11-3-4-17(13-22)18-12-16(9-10-20-18)14-5-7-15(8-6-14)19(23)24/h5-10,12,17H,3-4,11,13H2,1-2H3,(H,23,24)/t17-/m1/s1. The quantitative estimate of drug-likeness (QED) is 0.848. The van der Waals surface area contributed by atoms with Crippen LogP contribution in [0.5, 0.6) is 0 Å². The van der Waals surface area contributed by atoms with Crippen LogP contribution in [0.2, 0.25) is 0 Å². The van der Waals surface area contributed by atoms with Gasteiger partial charge in [-0.3, -0.25) is 4.98 Å². The summed E-state index contributed by atoms with van der Waals surface area (Å²) in [6, 6.07) is 10.5. The van der Waals surface area contributed by atoms with Crippen molar-refractivity contribution in [3.05, 3.63) is 53.9 Å². The summed E-state index contributed by atoms with van der Waals surface area (Å²) in [6.07, 6.45) is 3.39. The van der Waals surface area contributed by atoms with Crippen LogP contribution in [0.4, 0.5) is 0 Å². The first-order valence-electron chi connectivity index (χ1n) is 8.76. The monoisotopic (exact) mass is 389 g/mol. The minimum Gasteiger partial charge on any atom is -0.478 e. The first-order valence-corrected chi connectivity index (χ1v) is 10.2. The van der Waals surface area contributed by atoms with Gasteiger partial charge in [-0.25, -0.2) is 4.79 Å². The number of pyridine rings is 1. The molecular weight excluding hydrogens is 366 g/mol. The van der Waals surface area contributed by atoms with Crippen LogP contribution >= 0.6 is 0 Å². The van der Waals surface area contributed by atoms with Crippen molar-refractivity contribution in [3.63, 3.8) is 0 Å². The van der Waals surface area contributed by atoms with Gasteiger partial charge in [0.1, 0.15) is 0 Å². The first kappa shape index (κ1) is 19.5. The highest BCUT2D eigenvalue weighted by Crippen LogP contribution is 2.30. The fraction of sp³-hybridized carbons (Fsp3) is 0.368. The number of aromatic nitrogens is 1. The Labute approximate surface area is 159 Å². The smallest absolute Gasteiger partial charge is 0.335 e. The molecule has 1 aliphatic rings. The molecule has 1 aliphatic heterocycles. The lowest BCUT2D eigenvalue weighted by molar-refractivity contribution is 0.0697. The van der Waals surface area contributed by atoms with E-state index in [1.165, 1.54) is 8.61 Å². The summed E-state index contributed by atoms with van der Waals surface area (Å²) in [4.78, 5) is 15.5. The lowest BCUT2D eigenvalue weighted by atomic mass is 9.93. The van der Waals surface area contributed by atoms with E-state index >= 15 is 0 Å². The molecule has 0 saturated carbocycles. The third-order valence-corrected chi connectivity index (χ3v) is 6.74. The molecule has 1 aromatic carbocycles. The molecule has 144 valence electrons. The maximum Gasteiger partial charge on any atom is 0.335 e. The van der Waals surface area contributed by atoms with Crippen LogP contribution in [0, 0.1) is 0 Å². The zero-order valence-electron chi connectivity index (χ0n) is 15.4. The topological polar surface area (TPSA) is 90.8 Å². The third kappa shape index (κ3) is 4.18. The van der Waals surface area contributed by atoms with Gasteiger partial charge in [-0.1, -0.05) is 12.1 Å². The van der Waals surface area contributed by atoms with Gasteiger partial charge < -0.3 is 5.11 Å². The highest BCUT2D eigenvalue weighted by atomic mass is 32.2. The summed E-state index contributed by atoms with van der Waals surface area (Å²) >= 11 is 0. The fourth-order valence-electron chi connectivity index (χ4n) is 3.28. The molecule has 0 bridgehead atoms. The summed E-state index contributed by atoms with van der Waals surface area (Å²) in [6.45, 7) is 0.933. The SMILES string of the molecule is CN(C)S(=O)(=O)N1CCC[C@@H](c2cc(-c3ccc(C(=O)O)cc3)ccn2)C1. The molecular formula is C19H23N3O4S. The van der Waals surface area contributed by atoms with Crippen LogP contribution in [0.1, 0.15) is 34.8 Å². The van der Waals surface area contributed by atoms with Crippen molar-refractivity contribution in [1.29, 1.82) is 0 Å². The average Bonchev–Trinajstić information content (AvgIpc) is 2.68. The Morgan fingerprint density at radius 3 is 2.52 bits per heavy atom. The van der Waals surface area contributed by atoms with Gasteiger partial charge in [-0.2, -0.15) is 17.0 Å². The van der Waals surface area contributed by atoms with E-state index in [-0.39, 0.29) is 11.5 Å². The first-order chi connectivity index (χ1) is 12.8. The molecule has 0 amide bonds. The fourth-order valence-corrected chi connectivity index (χ4v) is 4.47. The molecule has 2 aromatic rings. The maximum absolute atomic E-state index is 12.4. The molecule has 0 aliphatic carbocycles. The molecule has 0 spiro atoms. The van der Waals surface area contributed by atoms with Crippen molar-refractivity contribution < 1.29 is 18.3 Å².